The highest BCUT2D eigenvalue weighted by molar-refractivity contribution is 6.30. The van der Waals surface area contributed by atoms with Gasteiger partial charge in [-0.3, -0.25) is 9.59 Å². The Hall–Kier alpha value is -3.67. The molecular weight excluding hydrogens is 566 g/mol. The second-order valence-corrected chi connectivity index (χ2v) is 12.9. The van der Waals surface area contributed by atoms with E-state index in [1.165, 1.54) is 27.8 Å². The largest absolute Gasteiger partial charge is 0.338 e. The van der Waals surface area contributed by atoms with E-state index in [0.29, 0.717) is 42.8 Å². The number of carbonyl (C=O) groups excluding carboxylic acids is 2. The van der Waals surface area contributed by atoms with Crippen LogP contribution >= 0.6 is 11.6 Å². The number of nitrogens with zero attached hydrogens (tertiary/aromatic N) is 1. The lowest BCUT2D eigenvalue weighted by Crippen LogP contribution is -2.47. The Balaban J connectivity index is 1.15. The number of hydrogen-bond donors (Lipinski definition) is 2. The van der Waals surface area contributed by atoms with Crippen molar-refractivity contribution in [2.45, 2.75) is 82.8 Å². The summed E-state index contributed by atoms with van der Waals surface area (Å²) in [6.45, 7) is 2.27. The maximum atomic E-state index is 13.5. The summed E-state index contributed by atoms with van der Waals surface area (Å²) in [5.74, 6) is 0.748. The number of allylic oxidation sites excluding steroid dienone is 2. The van der Waals surface area contributed by atoms with Gasteiger partial charge < -0.3 is 15.5 Å². The summed E-state index contributed by atoms with van der Waals surface area (Å²) < 4.78 is 0. The smallest absolute Gasteiger partial charge is 0.241 e. The Kier molecular flexibility index (Phi) is 9.94. The summed E-state index contributed by atoms with van der Waals surface area (Å²) in [6, 6.07) is 24.5. The van der Waals surface area contributed by atoms with Gasteiger partial charge in [-0.2, -0.15) is 0 Å². The molecule has 2 amide bonds. The molecule has 0 radical (unpaired) electrons. The molecule has 3 aromatic rings. The molecule has 1 saturated carbocycles. The van der Waals surface area contributed by atoms with Gasteiger partial charge in [0.05, 0.1) is 6.04 Å². The minimum Gasteiger partial charge on any atom is -0.338 e. The second kappa shape index (κ2) is 14.4. The summed E-state index contributed by atoms with van der Waals surface area (Å²) in [5, 5.41) is 7.36. The molecule has 2 aliphatic heterocycles. The van der Waals surface area contributed by atoms with Crippen molar-refractivity contribution in [1.82, 2.24) is 15.5 Å². The molecule has 3 aliphatic rings. The van der Waals surface area contributed by atoms with Gasteiger partial charge in [-0.05, 0) is 103 Å². The number of amides is 2. The fraction of sp³-hybridized carbons (Fsp3) is 0.368. The Morgan fingerprint density at radius 2 is 1.66 bits per heavy atom. The molecule has 5 nitrogen and oxygen atoms in total. The molecule has 228 valence electrons. The molecule has 6 heteroatoms. The van der Waals surface area contributed by atoms with Crippen molar-refractivity contribution < 1.29 is 9.59 Å². The van der Waals surface area contributed by atoms with Crippen LogP contribution in [0.25, 0.3) is 6.08 Å². The molecule has 0 bridgehead atoms. The zero-order valence-electron chi connectivity index (χ0n) is 25.4. The van der Waals surface area contributed by atoms with Gasteiger partial charge in [-0.25, -0.2) is 0 Å². The third-order valence-corrected chi connectivity index (χ3v) is 9.62. The quantitative estimate of drug-likeness (QED) is 0.289. The maximum absolute atomic E-state index is 13.5. The molecule has 6 rings (SSSR count). The number of nitrogens with one attached hydrogen (secondary N) is 2. The van der Waals surface area contributed by atoms with Gasteiger partial charge in [-0.1, -0.05) is 84.3 Å². The molecule has 2 heterocycles. The number of likely N-dealkylation sites (tertiary alicyclic amines) is 1. The van der Waals surface area contributed by atoms with Crippen LogP contribution in [0.5, 0.6) is 0 Å². The van der Waals surface area contributed by atoms with E-state index in [-0.39, 0.29) is 11.9 Å². The normalized spacial score (nSPS) is 20.9. The molecule has 44 heavy (non-hydrogen) atoms. The maximum Gasteiger partial charge on any atom is 0.241 e. The van der Waals surface area contributed by atoms with Crippen LogP contribution in [0.1, 0.15) is 85.1 Å². The first-order chi connectivity index (χ1) is 21.5. The monoisotopic (exact) mass is 607 g/mol. The number of hydrogen-bond acceptors (Lipinski definition) is 3. The molecule has 0 aromatic heterocycles. The van der Waals surface area contributed by atoms with Crippen LogP contribution in [0, 0.1) is 0 Å². The van der Waals surface area contributed by atoms with Crippen LogP contribution < -0.4 is 10.6 Å². The summed E-state index contributed by atoms with van der Waals surface area (Å²) in [6.07, 6.45) is 12.9. The van der Waals surface area contributed by atoms with Crippen molar-refractivity contribution in [3.05, 3.63) is 123 Å². The lowest BCUT2D eigenvalue weighted by molar-refractivity contribution is -0.131. The zero-order valence-corrected chi connectivity index (χ0v) is 26.1. The predicted octanol–water partition coefficient (Wildman–Crippen LogP) is 7.70. The molecule has 2 fully saturated rings. The van der Waals surface area contributed by atoms with E-state index in [4.69, 9.17) is 11.6 Å². The molecular formula is C38H42ClN3O2. The molecule has 0 unspecified atom stereocenters. The summed E-state index contributed by atoms with van der Waals surface area (Å²) in [7, 11) is 0. The molecule has 1 saturated heterocycles. The van der Waals surface area contributed by atoms with Crippen LogP contribution in [-0.4, -0.2) is 29.3 Å². The van der Waals surface area contributed by atoms with Gasteiger partial charge in [0.1, 0.15) is 0 Å². The first-order valence-electron chi connectivity index (χ1n) is 16.1. The Labute approximate surface area is 266 Å². The van der Waals surface area contributed by atoms with Crippen molar-refractivity contribution >= 4 is 29.5 Å². The van der Waals surface area contributed by atoms with Crippen LogP contribution in [0.15, 0.2) is 90.1 Å². The van der Waals surface area contributed by atoms with Gasteiger partial charge in [-0.15, -0.1) is 0 Å². The van der Waals surface area contributed by atoms with Crippen LogP contribution in [0.3, 0.4) is 0 Å². The fourth-order valence-corrected chi connectivity index (χ4v) is 7.00. The zero-order chi connectivity index (χ0) is 30.3. The predicted molar refractivity (Wildman–Crippen MR) is 178 cm³/mol. The molecule has 0 spiro atoms. The second-order valence-electron chi connectivity index (χ2n) is 12.4. The lowest BCUT2D eigenvalue weighted by Gasteiger charge is -2.29. The third-order valence-electron chi connectivity index (χ3n) is 9.37. The molecule has 1 atom stereocenters. The molecule has 1 aliphatic carbocycles. The summed E-state index contributed by atoms with van der Waals surface area (Å²) >= 11 is 6.15. The average molecular weight is 608 g/mol. The topological polar surface area (TPSA) is 61.4 Å². The van der Waals surface area contributed by atoms with Gasteiger partial charge in [0.2, 0.25) is 11.8 Å². The van der Waals surface area contributed by atoms with E-state index in [1.807, 2.05) is 42.5 Å². The number of benzene rings is 3. The van der Waals surface area contributed by atoms with Gasteiger partial charge >= 0.3 is 0 Å². The minimum absolute atomic E-state index is 0.0118. The number of rotatable bonds is 7. The highest BCUT2D eigenvalue weighted by Crippen LogP contribution is 2.38. The van der Waals surface area contributed by atoms with Crippen molar-refractivity contribution in [2.75, 3.05) is 6.54 Å². The van der Waals surface area contributed by atoms with Crippen LogP contribution in [0.2, 0.25) is 5.02 Å². The van der Waals surface area contributed by atoms with Crippen molar-refractivity contribution in [3.63, 3.8) is 0 Å². The molecule has 3 aromatic carbocycles. The van der Waals surface area contributed by atoms with Gasteiger partial charge in [0, 0.05) is 36.8 Å². The Morgan fingerprint density at radius 1 is 0.909 bits per heavy atom. The molecule has 2 N–H and O–H groups in total. The first kappa shape index (κ1) is 30.4. The lowest BCUT2D eigenvalue weighted by atomic mass is 9.79. The summed E-state index contributed by atoms with van der Waals surface area (Å²) in [5.41, 5.74) is 8.32. The van der Waals surface area contributed by atoms with E-state index in [9.17, 15) is 9.59 Å². The Bertz CT molecular complexity index is 1530. The Morgan fingerprint density at radius 3 is 2.48 bits per heavy atom. The SMILES string of the molecule is O=C(N/C(C=C1CCC(c2ccccc2CN2CCCCCC2=O)CC1)=C\c1ccc(Cl)cc1)[C@H]1Cc2ccccc2CN1. The van der Waals surface area contributed by atoms with Crippen molar-refractivity contribution in [3.8, 4) is 0 Å². The van der Waals surface area contributed by atoms with Crippen LogP contribution in [-0.2, 0) is 29.1 Å². The van der Waals surface area contributed by atoms with E-state index >= 15 is 0 Å². The summed E-state index contributed by atoms with van der Waals surface area (Å²) in [4.78, 5) is 28.3. The average Bonchev–Trinajstić information content (AvgIpc) is 3.26. The highest BCUT2D eigenvalue weighted by Gasteiger charge is 2.26. The third kappa shape index (κ3) is 7.69. The standard InChI is InChI=1S/C38H42ClN3O2/c39-33-19-15-28(16-20-33)23-34(41-38(44)36-24-30-8-3-4-9-31(30)25-40-36)22-27-13-17-29(18-14-27)35-11-6-5-10-32(35)26-42-21-7-1-2-12-37(42)43/h3-6,8-11,15-16,19-20,22-23,29,36,40H,1-2,7,12-14,17-18,21,24-26H2,(H,41,44)/b27-22?,34-23-/t29?,36-/m1/s1. The number of carbonyl (C=O) groups is 2. The van der Waals surface area contributed by atoms with E-state index in [0.717, 1.165) is 62.8 Å². The van der Waals surface area contributed by atoms with Gasteiger partial charge in [0.15, 0.2) is 0 Å². The number of fused-ring (bicyclic) bond motifs is 1. The van der Waals surface area contributed by atoms with E-state index in [1.54, 1.807) is 0 Å². The van der Waals surface area contributed by atoms with E-state index < -0.39 is 0 Å². The fourth-order valence-electron chi connectivity index (χ4n) is 6.87. The van der Waals surface area contributed by atoms with Crippen LogP contribution in [0.4, 0.5) is 0 Å². The van der Waals surface area contributed by atoms with Crippen molar-refractivity contribution in [1.29, 1.82) is 0 Å². The highest BCUT2D eigenvalue weighted by atomic mass is 35.5. The van der Waals surface area contributed by atoms with Crippen molar-refractivity contribution in [2.24, 2.45) is 0 Å². The first-order valence-corrected chi connectivity index (χ1v) is 16.5. The van der Waals surface area contributed by atoms with E-state index in [2.05, 4.69) is 58.0 Å². The number of halogens is 1. The minimum atomic E-state index is -0.278. The van der Waals surface area contributed by atoms with Gasteiger partial charge in [0.25, 0.3) is 0 Å².